The van der Waals surface area contributed by atoms with E-state index in [1.54, 1.807) is 0 Å². The molecule has 26 heavy (non-hydrogen) atoms. The summed E-state index contributed by atoms with van der Waals surface area (Å²) in [6, 6.07) is 22.2. The minimum atomic E-state index is -0.837. The van der Waals surface area contributed by atoms with Crippen molar-refractivity contribution in [1.29, 1.82) is 10.5 Å². The van der Waals surface area contributed by atoms with Gasteiger partial charge in [-0.05, 0) is 24.3 Å². The minimum Gasteiger partial charge on any atom is -0.204 e. The lowest BCUT2D eigenvalue weighted by atomic mass is 10.1. The van der Waals surface area contributed by atoms with E-state index in [2.05, 4.69) is 0 Å². The van der Waals surface area contributed by atoms with Crippen LogP contribution in [0.15, 0.2) is 80.2 Å². The van der Waals surface area contributed by atoms with Gasteiger partial charge in [0.05, 0.1) is 14.8 Å². The Kier molecular flexibility index (Phi) is 5.85. The van der Waals surface area contributed by atoms with Gasteiger partial charge in [0, 0.05) is 9.79 Å². The Morgan fingerprint density at radius 1 is 0.731 bits per heavy atom. The number of hydrogen-bond acceptors (Lipinski definition) is 4. The molecule has 3 rings (SSSR count). The summed E-state index contributed by atoms with van der Waals surface area (Å²) >= 11 is 8.95. The third-order valence-electron chi connectivity index (χ3n) is 3.44. The zero-order valence-corrected chi connectivity index (χ0v) is 15.6. The normalized spacial score (nSPS) is 10.2. The molecule has 0 atom stereocenters. The van der Waals surface area contributed by atoms with Crippen molar-refractivity contribution in [2.45, 2.75) is 19.6 Å². The van der Waals surface area contributed by atoms with Gasteiger partial charge in [-0.15, -0.1) is 0 Å². The molecule has 0 aliphatic rings. The summed E-state index contributed by atoms with van der Waals surface area (Å²) < 4.78 is 14.8. The first-order chi connectivity index (χ1) is 12.7. The fraction of sp³-hybridized carbons (Fsp3) is 0. The first-order valence-corrected chi connectivity index (χ1v) is 9.47. The van der Waals surface area contributed by atoms with Crippen LogP contribution in [0.3, 0.4) is 0 Å². The second kappa shape index (κ2) is 8.29. The van der Waals surface area contributed by atoms with Gasteiger partial charge in [-0.1, -0.05) is 71.5 Å². The van der Waals surface area contributed by atoms with Crippen LogP contribution in [-0.4, -0.2) is 0 Å². The second-order valence-corrected chi connectivity index (χ2v) is 7.64. The smallest absolute Gasteiger partial charge is 0.161 e. The molecule has 0 N–H and O–H groups in total. The van der Waals surface area contributed by atoms with Gasteiger partial charge in [-0.2, -0.15) is 10.5 Å². The van der Waals surface area contributed by atoms with Gasteiger partial charge in [0.2, 0.25) is 0 Å². The summed E-state index contributed by atoms with van der Waals surface area (Å²) in [5, 5.41) is 19.1. The van der Waals surface area contributed by atoms with E-state index in [0.29, 0.717) is 9.79 Å². The van der Waals surface area contributed by atoms with E-state index >= 15 is 0 Å². The SMILES string of the molecule is N#Cc1c(F)c(C#N)c(Sc2ccccc2)c(Cl)c1Sc1ccccc1. The molecule has 6 heteroatoms. The molecule has 0 unspecified atom stereocenters. The van der Waals surface area contributed by atoms with Crippen LogP contribution in [0.5, 0.6) is 0 Å². The molecule has 0 amide bonds. The van der Waals surface area contributed by atoms with E-state index in [9.17, 15) is 14.9 Å². The molecule has 0 saturated carbocycles. The average molecular weight is 397 g/mol. The molecule has 0 aromatic heterocycles. The highest BCUT2D eigenvalue weighted by Gasteiger charge is 2.25. The second-order valence-electron chi connectivity index (χ2n) is 5.09. The van der Waals surface area contributed by atoms with Crippen molar-refractivity contribution < 1.29 is 4.39 Å². The Morgan fingerprint density at radius 3 is 1.46 bits per heavy atom. The zero-order chi connectivity index (χ0) is 18.5. The Labute approximate surface area is 164 Å². The van der Waals surface area contributed by atoms with Crippen LogP contribution in [0, 0.1) is 28.5 Å². The molecule has 0 bridgehead atoms. The van der Waals surface area contributed by atoms with Crippen molar-refractivity contribution in [2.75, 3.05) is 0 Å². The number of hydrogen-bond donors (Lipinski definition) is 0. The van der Waals surface area contributed by atoms with Crippen LogP contribution < -0.4 is 0 Å². The number of nitrogens with zero attached hydrogens (tertiary/aromatic N) is 2. The fourth-order valence-electron chi connectivity index (χ4n) is 2.25. The summed E-state index contributed by atoms with van der Waals surface area (Å²) in [4.78, 5) is 2.28. The van der Waals surface area contributed by atoms with Gasteiger partial charge < -0.3 is 0 Å². The van der Waals surface area contributed by atoms with Crippen molar-refractivity contribution in [1.82, 2.24) is 0 Å². The number of benzene rings is 3. The van der Waals surface area contributed by atoms with Gasteiger partial charge in [0.1, 0.15) is 23.3 Å². The Balaban J connectivity index is 2.18. The molecule has 0 saturated heterocycles. The van der Waals surface area contributed by atoms with Crippen molar-refractivity contribution in [3.8, 4) is 12.1 Å². The molecule has 0 aliphatic carbocycles. The van der Waals surface area contributed by atoms with Gasteiger partial charge in [0.15, 0.2) is 5.82 Å². The van der Waals surface area contributed by atoms with Crippen molar-refractivity contribution in [2.24, 2.45) is 0 Å². The zero-order valence-electron chi connectivity index (χ0n) is 13.2. The van der Waals surface area contributed by atoms with Crippen molar-refractivity contribution in [3.05, 3.63) is 82.6 Å². The molecule has 2 nitrogen and oxygen atoms in total. The summed E-state index contributed by atoms with van der Waals surface area (Å²) in [6.07, 6.45) is 0. The number of nitriles is 2. The molecule has 0 aliphatic heterocycles. The summed E-state index contributed by atoms with van der Waals surface area (Å²) in [5.74, 6) is -0.837. The van der Waals surface area contributed by atoms with E-state index in [-0.39, 0.29) is 16.1 Å². The molecule has 3 aromatic rings. The van der Waals surface area contributed by atoms with Gasteiger partial charge in [0.25, 0.3) is 0 Å². The first-order valence-electron chi connectivity index (χ1n) is 7.46. The van der Waals surface area contributed by atoms with Crippen LogP contribution in [0.4, 0.5) is 4.39 Å². The third-order valence-corrected chi connectivity index (χ3v) is 6.28. The molecule has 0 spiro atoms. The summed E-state index contributed by atoms with van der Waals surface area (Å²) in [5.41, 5.74) is -0.421. The highest BCUT2D eigenvalue weighted by Crippen LogP contribution is 2.46. The largest absolute Gasteiger partial charge is 0.204 e. The third kappa shape index (κ3) is 3.71. The molecule has 126 valence electrons. The first kappa shape index (κ1) is 18.4. The maximum Gasteiger partial charge on any atom is 0.161 e. The van der Waals surface area contributed by atoms with E-state index in [1.165, 1.54) is 23.5 Å². The standard InChI is InChI=1S/C20H10ClFN2S2/c21-17-19(25-13-7-3-1-4-8-13)15(11-23)18(22)16(12-24)20(17)26-14-9-5-2-6-10-14/h1-10H. The van der Waals surface area contributed by atoms with Crippen molar-refractivity contribution in [3.63, 3.8) is 0 Å². The van der Waals surface area contributed by atoms with Gasteiger partial charge in [-0.3, -0.25) is 0 Å². The minimum absolute atomic E-state index is 0.210. The summed E-state index contributed by atoms with van der Waals surface area (Å²) in [7, 11) is 0. The quantitative estimate of drug-likeness (QED) is 0.503. The van der Waals surface area contributed by atoms with E-state index in [1.807, 2.05) is 72.8 Å². The maximum absolute atomic E-state index is 14.8. The topological polar surface area (TPSA) is 47.6 Å². The lowest BCUT2D eigenvalue weighted by Gasteiger charge is -2.14. The van der Waals surface area contributed by atoms with Crippen LogP contribution >= 0.6 is 35.1 Å². The van der Waals surface area contributed by atoms with Crippen LogP contribution in [0.1, 0.15) is 11.1 Å². The Bertz CT molecular complexity index is 945. The highest BCUT2D eigenvalue weighted by atomic mass is 35.5. The average Bonchev–Trinajstić information content (AvgIpc) is 2.68. The maximum atomic E-state index is 14.8. The predicted molar refractivity (Wildman–Crippen MR) is 102 cm³/mol. The van der Waals surface area contributed by atoms with Crippen LogP contribution in [0.2, 0.25) is 5.02 Å². The molecule has 0 fully saturated rings. The van der Waals surface area contributed by atoms with Crippen LogP contribution in [-0.2, 0) is 0 Å². The van der Waals surface area contributed by atoms with E-state index < -0.39 is 5.82 Å². The number of halogens is 2. The van der Waals surface area contributed by atoms with E-state index in [4.69, 9.17) is 11.6 Å². The van der Waals surface area contributed by atoms with Crippen LogP contribution in [0.25, 0.3) is 0 Å². The van der Waals surface area contributed by atoms with E-state index in [0.717, 1.165) is 9.79 Å². The van der Waals surface area contributed by atoms with Gasteiger partial charge in [-0.25, -0.2) is 4.39 Å². The molecular formula is C20H10ClFN2S2. The lowest BCUT2D eigenvalue weighted by molar-refractivity contribution is 0.611. The Hall–Kier alpha value is -2.44. The fourth-order valence-corrected chi connectivity index (χ4v) is 4.65. The molecule has 0 radical (unpaired) electrons. The monoisotopic (exact) mass is 396 g/mol. The summed E-state index contributed by atoms with van der Waals surface area (Å²) in [6.45, 7) is 0. The Morgan fingerprint density at radius 2 is 1.12 bits per heavy atom. The molecule has 3 aromatic carbocycles. The van der Waals surface area contributed by atoms with Crippen molar-refractivity contribution >= 4 is 35.1 Å². The predicted octanol–water partition coefficient (Wildman–Crippen LogP) is 6.52. The number of rotatable bonds is 4. The molecule has 0 heterocycles. The highest BCUT2D eigenvalue weighted by molar-refractivity contribution is 8.00. The lowest BCUT2D eigenvalue weighted by Crippen LogP contribution is -1.98. The molecular weight excluding hydrogens is 387 g/mol. The van der Waals surface area contributed by atoms with Gasteiger partial charge >= 0.3 is 0 Å².